The first kappa shape index (κ1) is 24.3. The highest BCUT2D eigenvalue weighted by Crippen LogP contribution is 2.24. The molecule has 0 unspecified atom stereocenters. The molecule has 8 nitrogen and oxygen atoms in total. The number of nitrogens with zero attached hydrogens (tertiary/aromatic N) is 3. The van der Waals surface area contributed by atoms with Crippen molar-refractivity contribution in [1.82, 2.24) is 15.3 Å². The molecule has 9 heteroatoms. The average Bonchev–Trinajstić information content (AvgIpc) is 3.17. The molecule has 180 valence electrons. The van der Waals surface area contributed by atoms with Crippen molar-refractivity contribution in [1.29, 1.82) is 0 Å². The Morgan fingerprint density at radius 1 is 1.03 bits per heavy atom. The van der Waals surface area contributed by atoms with Gasteiger partial charge >= 0.3 is 0 Å². The van der Waals surface area contributed by atoms with Crippen molar-refractivity contribution in [2.24, 2.45) is 0 Å². The fraction of sp³-hybridized carbons (Fsp3) is 0.231. The number of amides is 1. The highest BCUT2D eigenvalue weighted by atomic mass is 32.2. The lowest BCUT2D eigenvalue weighted by molar-refractivity contribution is -0.107. The Kier molecular flexibility index (Phi) is 7.67. The van der Waals surface area contributed by atoms with E-state index in [2.05, 4.69) is 41.3 Å². The van der Waals surface area contributed by atoms with E-state index in [9.17, 15) is 9.59 Å². The number of ether oxygens (including phenoxy) is 2. The van der Waals surface area contributed by atoms with Crippen LogP contribution in [-0.4, -0.2) is 40.5 Å². The lowest BCUT2D eigenvalue weighted by Crippen LogP contribution is -2.25. The van der Waals surface area contributed by atoms with Gasteiger partial charge in [-0.1, -0.05) is 38.1 Å². The van der Waals surface area contributed by atoms with E-state index in [1.165, 1.54) is 5.56 Å². The molecule has 3 aromatic rings. The van der Waals surface area contributed by atoms with Gasteiger partial charge in [-0.25, -0.2) is 4.98 Å². The summed E-state index contributed by atoms with van der Waals surface area (Å²) in [4.78, 5) is 33.7. The Bertz CT molecular complexity index is 1230. The highest BCUT2D eigenvalue weighted by molar-refractivity contribution is 8.27. The molecule has 0 radical (unpaired) electrons. The van der Waals surface area contributed by atoms with Gasteiger partial charge in [0.15, 0.2) is 0 Å². The quantitative estimate of drug-likeness (QED) is 0.408. The number of benzene rings is 2. The highest BCUT2D eigenvalue weighted by Gasteiger charge is 2.25. The third kappa shape index (κ3) is 6.60. The molecule has 1 amide bonds. The van der Waals surface area contributed by atoms with Gasteiger partial charge in [0.05, 0.1) is 12.2 Å². The van der Waals surface area contributed by atoms with Gasteiger partial charge in [0, 0.05) is 31.1 Å². The topological polar surface area (TPSA) is 93.7 Å². The predicted octanol–water partition coefficient (Wildman–Crippen LogP) is 5.23. The van der Waals surface area contributed by atoms with Crippen molar-refractivity contribution in [3.63, 3.8) is 0 Å². The van der Waals surface area contributed by atoms with E-state index in [0.29, 0.717) is 48.4 Å². The third-order valence-corrected chi connectivity index (χ3v) is 5.95. The maximum absolute atomic E-state index is 11.7. The average molecular weight is 491 g/mol. The minimum Gasteiger partial charge on any atom is -0.492 e. The predicted molar refractivity (Wildman–Crippen MR) is 137 cm³/mol. The molecule has 0 bridgehead atoms. The number of rotatable bonds is 9. The maximum Gasteiger partial charge on any atom is 0.291 e. The van der Waals surface area contributed by atoms with Crippen molar-refractivity contribution >= 4 is 34.1 Å². The van der Waals surface area contributed by atoms with Crippen LogP contribution in [0.1, 0.15) is 30.9 Å². The molecule has 1 N–H and O–H groups in total. The molecule has 1 aromatic heterocycles. The molecule has 1 aliphatic heterocycles. The molecule has 2 heterocycles. The number of hydrogen-bond acceptors (Lipinski definition) is 8. The van der Waals surface area contributed by atoms with E-state index in [1.54, 1.807) is 18.3 Å². The smallest absolute Gasteiger partial charge is 0.291 e. The van der Waals surface area contributed by atoms with Crippen LogP contribution >= 0.6 is 11.8 Å². The maximum atomic E-state index is 11.7. The SMILES string of the molecule is CC(C)c1ccc(Oc2ccnc(N(C)CCOc3ccc(C=C4NC(=O)SC4=O)cc3)n2)cc1. The van der Waals surface area contributed by atoms with Gasteiger partial charge in [0.25, 0.3) is 5.24 Å². The minimum atomic E-state index is -0.355. The Hall–Kier alpha value is -3.85. The molecule has 0 spiro atoms. The zero-order valence-corrected chi connectivity index (χ0v) is 20.5. The van der Waals surface area contributed by atoms with E-state index in [-0.39, 0.29) is 16.1 Å². The van der Waals surface area contributed by atoms with Gasteiger partial charge in [-0.05, 0) is 47.4 Å². The first-order valence-corrected chi connectivity index (χ1v) is 12.0. The lowest BCUT2D eigenvalue weighted by atomic mass is 10.0. The van der Waals surface area contributed by atoms with Crippen LogP contribution in [0.4, 0.5) is 10.7 Å². The standard InChI is InChI=1S/C26H26N4O4S/c1-17(2)19-6-10-21(11-7-19)34-23-12-13-27-25(29-23)30(3)14-15-33-20-8-4-18(5-9-20)16-22-24(31)35-26(32)28-22/h4-13,16-17H,14-15H2,1-3H3,(H,28,32). The van der Waals surface area contributed by atoms with Gasteiger partial charge in [0.2, 0.25) is 16.9 Å². The van der Waals surface area contributed by atoms with Crippen LogP contribution in [0, 0.1) is 0 Å². The number of aromatic nitrogens is 2. The molecular formula is C26H26N4O4S. The molecule has 0 atom stereocenters. The second kappa shape index (κ2) is 11.1. The minimum absolute atomic E-state index is 0.279. The van der Waals surface area contributed by atoms with Crippen LogP contribution in [0.15, 0.2) is 66.5 Å². The number of anilines is 1. The van der Waals surface area contributed by atoms with Gasteiger partial charge in [-0.2, -0.15) is 4.98 Å². The molecule has 0 saturated carbocycles. The molecule has 0 aliphatic carbocycles. The van der Waals surface area contributed by atoms with E-state index < -0.39 is 0 Å². The summed E-state index contributed by atoms with van der Waals surface area (Å²) in [5, 5.41) is 1.90. The molecule has 1 saturated heterocycles. The molecule has 1 fully saturated rings. The number of nitrogens with one attached hydrogen (secondary N) is 1. The van der Waals surface area contributed by atoms with Crippen LogP contribution in [0.5, 0.6) is 17.4 Å². The first-order valence-electron chi connectivity index (χ1n) is 11.2. The van der Waals surface area contributed by atoms with Crippen molar-refractivity contribution < 1.29 is 19.1 Å². The Labute approximate surface area is 208 Å². The van der Waals surface area contributed by atoms with E-state index in [0.717, 1.165) is 11.3 Å². The molecule has 2 aromatic carbocycles. The zero-order chi connectivity index (χ0) is 24.8. The van der Waals surface area contributed by atoms with Gasteiger partial charge < -0.3 is 19.7 Å². The lowest BCUT2D eigenvalue weighted by Gasteiger charge is -2.18. The number of likely N-dealkylation sites (N-methyl/N-ethyl adjacent to an activating group) is 1. The van der Waals surface area contributed by atoms with Gasteiger partial charge in [-0.15, -0.1) is 0 Å². The van der Waals surface area contributed by atoms with Crippen LogP contribution in [0.2, 0.25) is 0 Å². The number of thioether (sulfide) groups is 1. The van der Waals surface area contributed by atoms with Crippen molar-refractivity contribution in [2.75, 3.05) is 25.1 Å². The van der Waals surface area contributed by atoms with Gasteiger partial charge in [0.1, 0.15) is 18.1 Å². The summed E-state index contributed by atoms with van der Waals surface area (Å²) in [6.07, 6.45) is 3.31. The number of carbonyl (C=O) groups is 2. The van der Waals surface area contributed by atoms with E-state index in [1.807, 2.05) is 48.3 Å². The number of carbonyl (C=O) groups excluding carboxylic acids is 2. The molecule has 35 heavy (non-hydrogen) atoms. The second-order valence-electron chi connectivity index (χ2n) is 8.22. The van der Waals surface area contributed by atoms with Crippen molar-refractivity contribution in [3.8, 4) is 17.4 Å². The first-order chi connectivity index (χ1) is 16.9. The Morgan fingerprint density at radius 2 is 1.74 bits per heavy atom. The summed E-state index contributed by atoms with van der Waals surface area (Å²) in [5.74, 6) is 2.89. The van der Waals surface area contributed by atoms with Crippen molar-refractivity contribution in [3.05, 3.63) is 77.6 Å². The number of hydrogen-bond donors (Lipinski definition) is 1. The summed E-state index contributed by atoms with van der Waals surface area (Å²) in [7, 11) is 1.89. The van der Waals surface area contributed by atoms with Crippen LogP contribution < -0.4 is 19.7 Å². The third-order valence-electron chi connectivity index (χ3n) is 5.26. The zero-order valence-electron chi connectivity index (χ0n) is 19.7. The summed E-state index contributed by atoms with van der Waals surface area (Å²) < 4.78 is 11.7. The second-order valence-corrected chi connectivity index (χ2v) is 9.17. The summed E-state index contributed by atoms with van der Waals surface area (Å²) in [6, 6.07) is 17.0. The van der Waals surface area contributed by atoms with Crippen LogP contribution in [-0.2, 0) is 4.79 Å². The summed E-state index contributed by atoms with van der Waals surface area (Å²) >= 11 is 0.661. The monoisotopic (exact) mass is 490 g/mol. The van der Waals surface area contributed by atoms with Crippen LogP contribution in [0.3, 0.4) is 0 Å². The molecule has 1 aliphatic rings. The summed E-state index contributed by atoms with van der Waals surface area (Å²) in [6.45, 7) is 5.30. The Morgan fingerprint density at radius 3 is 2.40 bits per heavy atom. The largest absolute Gasteiger partial charge is 0.492 e. The Balaban J connectivity index is 1.28. The van der Waals surface area contributed by atoms with Crippen LogP contribution in [0.25, 0.3) is 6.08 Å². The molecule has 4 rings (SSSR count). The fourth-order valence-corrected chi connectivity index (χ4v) is 3.81. The normalized spacial score (nSPS) is 14.3. The van der Waals surface area contributed by atoms with E-state index >= 15 is 0 Å². The molecular weight excluding hydrogens is 464 g/mol. The van der Waals surface area contributed by atoms with E-state index in [4.69, 9.17) is 9.47 Å². The summed E-state index contributed by atoms with van der Waals surface area (Å²) in [5.41, 5.74) is 2.34. The fourth-order valence-electron chi connectivity index (χ4n) is 3.26. The van der Waals surface area contributed by atoms with Crippen molar-refractivity contribution in [2.45, 2.75) is 19.8 Å². The van der Waals surface area contributed by atoms with Gasteiger partial charge in [-0.3, -0.25) is 9.59 Å².